The molecular weight excluding hydrogens is 266 g/mol. The van der Waals surface area contributed by atoms with Crippen LogP contribution < -0.4 is 4.72 Å². The maximum atomic E-state index is 12.1. The third-order valence-electron chi connectivity index (χ3n) is 3.49. The van der Waals surface area contributed by atoms with Gasteiger partial charge in [-0.3, -0.25) is 0 Å². The Hall–Kier alpha value is -0.950. The quantitative estimate of drug-likeness (QED) is 0.893. The third-order valence-corrected chi connectivity index (χ3v) is 5.13. The summed E-state index contributed by atoms with van der Waals surface area (Å²) in [7, 11) is -3.30. The zero-order valence-corrected chi connectivity index (χ0v) is 12.3. The highest BCUT2D eigenvalue weighted by molar-refractivity contribution is 7.89. The Bertz CT molecular complexity index is 518. The van der Waals surface area contributed by atoms with Crippen LogP contribution in [0.5, 0.6) is 0 Å². The van der Waals surface area contributed by atoms with E-state index in [1.165, 1.54) is 0 Å². The number of aryl methyl sites for hydroxylation is 1. The number of rotatable bonds is 5. The van der Waals surface area contributed by atoms with Gasteiger partial charge in [0.2, 0.25) is 15.9 Å². The molecule has 1 aliphatic rings. The monoisotopic (exact) mass is 287 g/mol. The summed E-state index contributed by atoms with van der Waals surface area (Å²) in [6.45, 7) is 3.57. The molecule has 0 atom stereocenters. The number of nitrogens with one attached hydrogen (secondary N) is 1. The Balaban J connectivity index is 2.30. The van der Waals surface area contributed by atoms with E-state index in [-0.39, 0.29) is 5.75 Å². The second-order valence-electron chi connectivity index (χ2n) is 5.20. The minimum atomic E-state index is -3.30. The van der Waals surface area contributed by atoms with Crippen molar-refractivity contribution in [2.75, 3.05) is 5.75 Å². The van der Waals surface area contributed by atoms with Crippen LogP contribution in [0.4, 0.5) is 0 Å². The molecule has 0 bridgehead atoms. The van der Waals surface area contributed by atoms with Gasteiger partial charge in [-0.2, -0.15) is 4.98 Å². The highest BCUT2D eigenvalue weighted by Gasteiger charge is 2.41. The summed E-state index contributed by atoms with van der Waals surface area (Å²) in [5.74, 6) is 1.07. The lowest BCUT2D eigenvalue weighted by molar-refractivity contribution is 0.248. The first-order chi connectivity index (χ1) is 8.97. The van der Waals surface area contributed by atoms with Gasteiger partial charge >= 0.3 is 0 Å². The van der Waals surface area contributed by atoms with E-state index in [0.717, 1.165) is 32.1 Å². The number of hydrogen-bond acceptors (Lipinski definition) is 5. The van der Waals surface area contributed by atoms with Gasteiger partial charge in [0.25, 0.3) is 0 Å². The van der Waals surface area contributed by atoms with E-state index in [4.69, 9.17) is 4.52 Å². The average Bonchev–Trinajstić information content (AvgIpc) is 2.77. The van der Waals surface area contributed by atoms with Gasteiger partial charge in [0.05, 0.1) is 11.3 Å². The summed E-state index contributed by atoms with van der Waals surface area (Å²) in [5, 5.41) is 3.94. The molecule has 7 heteroatoms. The van der Waals surface area contributed by atoms with Gasteiger partial charge in [-0.1, -0.05) is 31.3 Å². The molecule has 0 saturated heterocycles. The predicted molar refractivity (Wildman–Crippen MR) is 71.0 cm³/mol. The molecular formula is C12H21N3O3S. The molecule has 0 spiro atoms. The van der Waals surface area contributed by atoms with Crippen LogP contribution in [0.25, 0.3) is 0 Å². The molecule has 0 unspecified atom stereocenters. The van der Waals surface area contributed by atoms with Crippen LogP contribution in [-0.4, -0.2) is 24.3 Å². The second-order valence-corrected chi connectivity index (χ2v) is 7.04. The third kappa shape index (κ3) is 3.33. The standard InChI is InChI=1S/C12H21N3O3S/c1-3-9-19(16,17)15-12(7-5-4-6-8-12)11-13-10(2)18-14-11/h15H,3-9H2,1-2H3. The van der Waals surface area contributed by atoms with E-state index in [9.17, 15) is 8.42 Å². The molecule has 1 aromatic heterocycles. The molecule has 6 nitrogen and oxygen atoms in total. The molecule has 1 N–H and O–H groups in total. The van der Waals surface area contributed by atoms with E-state index in [2.05, 4.69) is 14.9 Å². The van der Waals surface area contributed by atoms with Gasteiger partial charge in [-0.05, 0) is 19.3 Å². The lowest BCUT2D eigenvalue weighted by Gasteiger charge is -2.34. The fourth-order valence-electron chi connectivity index (χ4n) is 2.64. The van der Waals surface area contributed by atoms with Crippen molar-refractivity contribution in [2.24, 2.45) is 0 Å². The SMILES string of the molecule is CCCS(=O)(=O)NC1(c2noc(C)n2)CCCCC1. The average molecular weight is 287 g/mol. The molecule has 0 aromatic carbocycles. The van der Waals surface area contributed by atoms with Crippen LogP contribution in [-0.2, 0) is 15.6 Å². The van der Waals surface area contributed by atoms with Gasteiger partial charge in [0.1, 0.15) is 0 Å². The highest BCUT2D eigenvalue weighted by atomic mass is 32.2. The molecule has 0 radical (unpaired) electrons. The molecule has 1 heterocycles. The molecule has 2 rings (SSSR count). The molecule has 1 aromatic rings. The summed E-state index contributed by atoms with van der Waals surface area (Å²) in [6, 6.07) is 0. The van der Waals surface area contributed by atoms with Crippen molar-refractivity contribution < 1.29 is 12.9 Å². The number of nitrogens with zero attached hydrogens (tertiary/aromatic N) is 2. The number of hydrogen-bond donors (Lipinski definition) is 1. The maximum absolute atomic E-state index is 12.1. The van der Waals surface area contributed by atoms with Crippen molar-refractivity contribution in [3.05, 3.63) is 11.7 Å². The van der Waals surface area contributed by atoms with Crippen molar-refractivity contribution in [3.8, 4) is 0 Å². The summed E-state index contributed by atoms with van der Waals surface area (Å²) >= 11 is 0. The van der Waals surface area contributed by atoms with Crippen molar-refractivity contribution in [1.82, 2.24) is 14.9 Å². The van der Waals surface area contributed by atoms with E-state index < -0.39 is 15.6 Å². The molecule has 108 valence electrons. The van der Waals surface area contributed by atoms with Gasteiger partial charge in [-0.15, -0.1) is 0 Å². The minimum absolute atomic E-state index is 0.131. The van der Waals surface area contributed by atoms with Crippen LogP contribution in [0.1, 0.15) is 57.2 Å². The fraction of sp³-hybridized carbons (Fsp3) is 0.833. The van der Waals surface area contributed by atoms with Gasteiger partial charge in [0, 0.05) is 6.92 Å². The molecule has 1 fully saturated rings. The van der Waals surface area contributed by atoms with Crippen molar-refractivity contribution in [2.45, 2.75) is 57.9 Å². The number of sulfonamides is 1. The summed E-state index contributed by atoms with van der Waals surface area (Å²) in [4.78, 5) is 4.25. The maximum Gasteiger partial charge on any atom is 0.223 e. The van der Waals surface area contributed by atoms with Crippen molar-refractivity contribution in [3.63, 3.8) is 0 Å². The van der Waals surface area contributed by atoms with Gasteiger partial charge < -0.3 is 4.52 Å². The van der Waals surface area contributed by atoms with Crippen molar-refractivity contribution >= 4 is 10.0 Å². The predicted octanol–water partition coefficient (Wildman–Crippen LogP) is 1.87. The van der Waals surface area contributed by atoms with Gasteiger partial charge in [-0.25, -0.2) is 13.1 Å². The zero-order valence-electron chi connectivity index (χ0n) is 11.5. The summed E-state index contributed by atoms with van der Waals surface area (Å²) in [5.41, 5.74) is -0.677. The van der Waals surface area contributed by atoms with Crippen LogP contribution >= 0.6 is 0 Å². The zero-order chi connectivity index (χ0) is 13.9. The topological polar surface area (TPSA) is 85.1 Å². The lowest BCUT2D eigenvalue weighted by atomic mass is 9.82. The molecule has 0 aliphatic heterocycles. The smallest absolute Gasteiger partial charge is 0.223 e. The Morgan fingerprint density at radius 2 is 2.00 bits per heavy atom. The Morgan fingerprint density at radius 3 is 2.53 bits per heavy atom. The highest BCUT2D eigenvalue weighted by Crippen LogP contribution is 2.36. The van der Waals surface area contributed by atoms with Gasteiger partial charge in [0.15, 0.2) is 5.82 Å². The first-order valence-electron chi connectivity index (χ1n) is 6.80. The molecule has 19 heavy (non-hydrogen) atoms. The van der Waals surface area contributed by atoms with E-state index >= 15 is 0 Å². The van der Waals surface area contributed by atoms with Crippen LogP contribution in [0.3, 0.4) is 0 Å². The largest absolute Gasteiger partial charge is 0.340 e. The number of aromatic nitrogens is 2. The lowest BCUT2D eigenvalue weighted by Crippen LogP contribution is -2.48. The van der Waals surface area contributed by atoms with Crippen molar-refractivity contribution in [1.29, 1.82) is 0 Å². The second kappa shape index (κ2) is 5.58. The Morgan fingerprint density at radius 1 is 1.32 bits per heavy atom. The Kier molecular flexibility index (Phi) is 4.25. The molecule has 0 amide bonds. The van der Waals surface area contributed by atoms with E-state index in [0.29, 0.717) is 18.1 Å². The normalized spacial score (nSPS) is 19.5. The molecule has 1 aliphatic carbocycles. The van der Waals surface area contributed by atoms with E-state index in [1.807, 2.05) is 6.92 Å². The first kappa shape index (κ1) is 14.5. The van der Waals surface area contributed by atoms with Crippen LogP contribution in [0, 0.1) is 6.92 Å². The van der Waals surface area contributed by atoms with Crippen LogP contribution in [0.2, 0.25) is 0 Å². The van der Waals surface area contributed by atoms with Crippen LogP contribution in [0.15, 0.2) is 4.52 Å². The summed E-state index contributed by atoms with van der Waals surface area (Å²) in [6.07, 6.45) is 5.12. The van der Waals surface area contributed by atoms with E-state index in [1.54, 1.807) is 6.92 Å². The fourth-order valence-corrected chi connectivity index (χ4v) is 4.17. The Labute approximate surface area is 114 Å². The summed E-state index contributed by atoms with van der Waals surface area (Å²) < 4.78 is 32.0. The first-order valence-corrected chi connectivity index (χ1v) is 8.45. The molecule has 1 saturated carbocycles. The minimum Gasteiger partial charge on any atom is -0.340 e.